The lowest BCUT2D eigenvalue weighted by molar-refractivity contribution is -0.145. The first-order valence-corrected chi connectivity index (χ1v) is 12.9. The molecular formula is C25H50O8. The van der Waals surface area contributed by atoms with Gasteiger partial charge >= 0.3 is 5.97 Å². The normalized spacial score (nSPS) is 11.2. The van der Waals surface area contributed by atoms with Gasteiger partial charge < -0.3 is 33.2 Å². The van der Waals surface area contributed by atoms with E-state index in [4.69, 9.17) is 33.2 Å². The Kier molecular flexibility index (Phi) is 28.6. The van der Waals surface area contributed by atoms with Gasteiger partial charge in [-0.3, -0.25) is 4.79 Å². The van der Waals surface area contributed by atoms with Gasteiger partial charge in [-0.15, -0.1) is 0 Å². The molecule has 0 aliphatic rings. The van der Waals surface area contributed by atoms with Crippen LogP contribution in [0.3, 0.4) is 0 Å². The molecule has 0 aliphatic heterocycles. The van der Waals surface area contributed by atoms with Gasteiger partial charge in [0, 0.05) is 13.0 Å². The average Bonchev–Trinajstić information content (AvgIpc) is 2.82. The molecule has 0 aromatic heterocycles. The third-order valence-corrected chi connectivity index (χ3v) is 4.73. The van der Waals surface area contributed by atoms with Crippen molar-refractivity contribution >= 4 is 5.97 Å². The van der Waals surface area contributed by atoms with Crippen LogP contribution in [0.25, 0.3) is 0 Å². The molecule has 8 heteroatoms. The van der Waals surface area contributed by atoms with Gasteiger partial charge in [0.15, 0.2) is 0 Å². The molecule has 0 rings (SSSR count). The Hall–Kier alpha value is -0.770. The van der Waals surface area contributed by atoms with Gasteiger partial charge in [-0.2, -0.15) is 0 Å². The maximum atomic E-state index is 11.4. The Morgan fingerprint density at radius 2 is 0.788 bits per heavy atom. The first-order chi connectivity index (χ1) is 16.3. The summed E-state index contributed by atoms with van der Waals surface area (Å²) in [6.45, 7) is 11.3. The highest BCUT2D eigenvalue weighted by Crippen LogP contribution is 2.02. The predicted molar refractivity (Wildman–Crippen MR) is 129 cm³/mol. The summed E-state index contributed by atoms with van der Waals surface area (Å²) in [5.74, 6) is -0.148. The summed E-state index contributed by atoms with van der Waals surface area (Å²) >= 11 is 0. The van der Waals surface area contributed by atoms with Gasteiger partial charge in [-0.25, -0.2) is 0 Å². The number of carbonyl (C=O) groups excluding carboxylic acids is 1. The molecule has 0 saturated carbocycles. The van der Waals surface area contributed by atoms with Crippen LogP contribution in [0.15, 0.2) is 0 Å². The van der Waals surface area contributed by atoms with E-state index in [0.717, 1.165) is 32.3 Å². The number of hydrogen-bond donors (Lipinski definition) is 0. The van der Waals surface area contributed by atoms with Gasteiger partial charge in [-0.1, -0.05) is 52.4 Å². The second-order valence-corrected chi connectivity index (χ2v) is 7.77. The first-order valence-electron chi connectivity index (χ1n) is 12.9. The van der Waals surface area contributed by atoms with Gasteiger partial charge in [0.2, 0.25) is 0 Å². The number of carbonyl (C=O) groups is 1. The molecule has 8 nitrogen and oxygen atoms in total. The summed E-state index contributed by atoms with van der Waals surface area (Å²) in [7, 11) is 0. The number of hydrogen-bond acceptors (Lipinski definition) is 8. The fourth-order valence-electron chi connectivity index (χ4n) is 2.82. The average molecular weight is 479 g/mol. The number of unbranched alkanes of at least 4 members (excludes halogenated alkanes) is 6. The number of esters is 1. The van der Waals surface area contributed by atoms with E-state index in [1.807, 2.05) is 0 Å². The van der Waals surface area contributed by atoms with E-state index in [1.54, 1.807) is 0 Å². The number of ether oxygens (including phenoxy) is 7. The lowest BCUT2D eigenvalue weighted by atomic mass is 10.2. The molecule has 0 amide bonds. The van der Waals surface area contributed by atoms with Gasteiger partial charge in [0.05, 0.1) is 72.7 Å². The van der Waals surface area contributed by atoms with Crippen LogP contribution < -0.4 is 0 Å². The quantitative estimate of drug-likeness (QED) is 0.122. The molecular weight excluding hydrogens is 428 g/mol. The monoisotopic (exact) mass is 478 g/mol. The molecule has 0 unspecified atom stereocenters. The zero-order valence-electron chi connectivity index (χ0n) is 21.3. The summed E-state index contributed by atoms with van der Waals surface area (Å²) in [6.07, 6.45) is 9.83. The van der Waals surface area contributed by atoms with Crippen molar-refractivity contribution in [1.29, 1.82) is 0 Å². The summed E-state index contributed by atoms with van der Waals surface area (Å²) in [4.78, 5) is 11.4. The van der Waals surface area contributed by atoms with Crippen LogP contribution in [0.5, 0.6) is 0 Å². The zero-order chi connectivity index (χ0) is 24.1. The van der Waals surface area contributed by atoms with E-state index in [0.29, 0.717) is 85.7 Å². The van der Waals surface area contributed by atoms with Crippen LogP contribution in [-0.4, -0.2) is 91.9 Å². The second kappa shape index (κ2) is 29.3. The van der Waals surface area contributed by atoms with Crippen molar-refractivity contribution in [1.82, 2.24) is 0 Å². The molecule has 0 aromatic carbocycles. The Labute approximate surface area is 201 Å². The van der Waals surface area contributed by atoms with Crippen molar-refractivity contribution < 1.29 is 38.0 Å². The van der Waals surface area contributed by atoms with Crippen LogP contribution >= 0.6 is 0 Å². The minimum atomic E-state index is -0.148. The fourth-order valence-corrected chi connectivity index (χ4v) is 2.82. The van der Waals surface area contributed by atoms with E-state index in [-0.39, 0.29) is 5.97 Å². The Morgan fingerprint density at radius 1 is 0.424 bits per heavy atom. The van der Waals surface area contributed by atoms with Crippen LogP contribution in [-0.2, 0) is 38.0 Å². The molecule has 33 heavy (non-hydrogen) atoms. The van der Waals surface area contributed by atoms with Crippen molar-refractivity contribution in [2.45, 2.75) is 71.6 Å². The van der Waals surface area contributed by atoms with Crippen LogP contribution in [0.2, 0.25) is 0 Å². The minimum Gasteiger partial charge on any atom is -0.463 e. The molecule has 0 spiro atoms. The summed E-state index contributed by atoms with van der Waals surface area (Å²) in [5, 5.41) is 0. The second-order valence-electron chi connectivity index (χ2n) is 7.77. The van der Waals surface area contributed by atoms with E-state index in [1.165, 1.54) is 25.7 Å². The third-order valence-electron chi connectivity index (χ3n) is 4.73. The molecule has 198 valence electrons. The lowest BCUT2D eigenvalue weighted by Gasteiger charge is -2.08. The van der Waals surface area contributed by atoms with Gasteiger partial charge in [0.1, 0.15) is 6.61 Å². The summed E-state index contributed by atoms with van der Waals surface area (Å²) in [5.41, 5.74) is 0. The van der Waals surface area contributed by atoms with Crippen molar-refractivity contribution in [3.63, 3.8) is 0 Å². The minimum absolute atomic E-state index is 0.148. The molecule has 0 saturated heterocycles. The Morgan fingerprint density at radius 3 is 1.24 bits per heavy atom. The molecule has 0 heterocycles. The van der Waals surface area contributed by atoms with Crippen molar-refractivity contribution in [2.75, 3.05) is 85.9 Å². The summed E-state index contributed by atoms with van der Waals surface area (Å²) in [6, 6.07) is 0. The number of rotatable bonds is 28. The topological polar surface area (TPSA) is 81.7 Å². The molecule has 0 aromatic rings. The van der Waals surface area contributed by atoms with Crippen molar-refractivity contribution in [2.24, 2.45) is 0 Å². The molecule has 0 bridgehead atoms. The van der Waals surface area contributed by atoms with Crippen LogP contribution in [0, 0.1) is 0 Å². The molecule has 0 fully saturated rings. The summed E-state index contributed by atoms with van der Waals surface area (Å²) < 4.78 is 37.8. The van der Waals surface area contributed by atoms with Gasteiger partial charge in [0.25, 0.3) is 0 Å². The SMILES string of the molecule is CCCCCCCOCCOCCOCCOCCOCCOCCOC(=O)CCCCC. The van der Waals surface area contributed by atoms with Gasteiger partial charge in [-0.05, 0) is 12.8 Å². The zero-order valence-corrected chi connectivity index (χ0v) is 21.3. The lowest BCUT2D eigenvalue weighted by Crippen LogP contribution is -2.15. The van der Waals surface area contributed by atoms with E-state index >= 15 is 0 Å². The highest BCUT2D eigenvalue weighted by Gasteiger charge is 2.01. The maximum Gasteiger partial charge on any atom is 0.305 e. The maximum absolute atomic E-state index is 11.4. The first kappa shape index (κ1) is 32.2. The van der Waals surface area contributed by atoms with Crippen LogP contribution in [0.1, 0.15) is 71.6 Å². The third kappa shape index (κ3) is 29.2. The molecule has 0 N–H and O–H groups in total. The predicted octanol–water partition coefficient (Wildman–Crippen LogP) is 4.18. The van der Waals surface area contributed by atoms with E-state index in [2.05, 4.69) is 13.8 Å². The smallest absolute Gasteiger partial charge is 0.305 e. The standard InChI is InChI=1S/C25H50O8/c1-3-5-7-8-10-12-27-13-14-28-15-16-29-17-18-30-19-20-31-21-22-32-23-24-33-25(26)11-9-6-4-2/h3-24H2,1-2H3. The molecule has 0 aliphatic carbocycles. The Bertz CT molecular complexity index is 381. The molecule has 0 radical (unpaired) electrons. The Balaban J connectivity index is 3.06. The van der Waals surface area contributed by atoms with Crippen LogP contribution in [0.4, 0.5) is 0 Å². The highest BCUT2D eigenvalue weighted by molar-refractivity contribution is 5.69. The fraction of sp³-hybridized carbons (Fsp3) is 0.960. The largest absolute Gasteiger partial charge is 0.463 e. The van der Waals surface area contributed by atoms with Crippen molar-refractivity contribution in [3.05, 3.63) is 0 Å². The molecule has 0 atom stereocenters. The van der Waals surface area contributed by atoms with Crippen molar-refractivity contribution in [3.8, 4) is 0 Å². The van der Waals surface area contributed by atoms with E-state index in [9.17, 15) is 4.79 Å². The highest BCUT2D eigenvalue weighted by atomic mass is 16.6. The van der Waals surface area contributed by atoms with E-state index < -0.39 is 0 Å².